The first-order valence-electron chi connectivity index (χ1n) is 10.8. The van der Waals surface area contributed by atoms with Gasteiger partial charge in [0.15, 0.2) is 0 Å². The van der Waals surface area contributed by atoms with E-state index in [0.29, 0.717) is 17.0 Å². The van der Waals surface area contributed by atoms with E-state index in [1.54, 1.807) is 24.3 Å². The van der Waals surface area contributed by atoms with Crippen molar-refractivity contribution in [3.63, 3.8) is 0 Å². The number of nitriles is 1. The van der Waals surface area contributed by atoms with Gasteiger partial charge in [0, 0.05) is 37.3 Å². The minimum atomic E-state index is 0.00956. The monoisotopic (exact) mass is 401 g/mol. The highest BCUT2D eigenvalue weighted by Gasteiger charge is 2.24. The quantitative estimate of drug-likeness (QED) is 0.781. The number of carbonyl (C=O) groups excluding carboxylic acids is 2. The molecule has 0 spiro atoms. The minimum Gasteiger partial charge on any atom is -0.339 e. The number of amides is 2. The number of nitrogens with zero attached hydrogens (tertiary/aromatic N) is 3. The van der Waals surface area contributed by atoms with Gasteiger partial charge >= 0.3 is 0 Å². The highest BCUT2D eigenvalue weighted by molar-refractivity contribution is 5.95. The maximum atomic E-state index is 12.7. The summed E-state index contributed by atoms with van der Waals surface area (Å²) in [6.45, 7) is 3.23. The summed E-state index contributed by atoms with van der Waals surface area (Å²) in [5.74, 6) is 0.696. The summed E-state index contributed by atoms with van der Waals surface area (Å²) in [7, 11) is 0. The summed E-state index contributed by atoms with van der Waals surface area (Å²) >= 11 is 0. The molecule has 0 atom stereocenters. The topological polar surface area (TPSA) is 64.4 Å². The number of hydrogen-bond donors (Lipinski definition) is 0. The van der Waals surface area contributed by atoms with Gasteiger partial charge < -0.3 is 9.80 Å². The molecule has 4 rings (SSSR count). The van der Waals surface area contributed by atoms with Crippen molar-refractivity contribution in [1.29, 1.82) is 5.26 Å². The van der Waals surface area contributed by atoms with Crippen LogP contribution in [0.15, 0.2) is 48.5 Å². The maximum Gasteiger partial charge on any atom is 0.253 e. The van der Waals surface area contributed by atoms with Gasteiger partial charge in [-0.15, -0.1) is 0 Å². The second-order valence-corrected chi connectivity index (χ2v) is 8.33. The molecular formula is C25H27N3O2. The molecule has 0 unspecified atom stereocenters. The number of likely N-dealkylation sites (tertiary alicyclic amines) is 2. The molecule has 2 saturated heterocycles. The average Bonchev–Trinajstić information content (AvgIpc) is 3.34. The zero-order valence-corrected chi connectivity index (χ0v) is 17.2. The fraction of sp³-hybridized carbons (Fsp3) is 0.400. The first-order valence-corrected chi connectivity index (χ1v) is 10.8. The number of carbonyl (C=O) groups is 2. The van der Waals surface area contributed by atoms with Crippen LogP contribution in [-0.4, -0.2) is 47.8 Å². The van der Waals surface area contributed by atoms with Crippen LogP contribution in [0.5, 0.6) is 0 Å². The predicted molar refractivity (Wildman–Crippen MR) is 115 cm³/mol. The van der Waals surface area contributed by atoms with E-state index in [1.165, 1.54) is 5.56 Å². The molecule has 2 fully saturated rings. The van der Waals surface area contributed by atoms with Crippen molar-refractivity contribution in [2.75, 3.05) is 26.2 Å². The predicted octanol–water partition coefficient (Wildman–Crippen LogP) is 3.89. The van der Waals surface area contributed by atoms with Gasteiger partial charge in [0.1, 0.15) is 0 Å². The Kier molecular flexibility index (Phi) is 6.13. The Balaban J connectivity index is 1.30. The van der Waals surface area contributed by atoms with Crippen molar-refractivity contribution >= 4 is 11.8 Å². The van der Waals surface area contributed by atoms with Gasteiger partial charge in [-0.2, -0.15) is 5.26 Å². The third-order valence-electron chi connectivity index (χ3n) is 6.26. The van der Waals surface area contributed by atoms with E-state index in [9.17, 15) is 9.59 Å². The summed E-state index contributed by atoms with van der Waals surface area (Å²) < 4.78 is 0. The number of piperidine rings is 1. The largest absolute Gasteiger partial charge is 0.339 e. The third-order valence-corrected chi connectivity index (χ3v) is 6.26. The first kappa shape index (κ1) is 20.2. The van der Waals surface area contributed by atoms with Gasteiger partial charge in [0.25, 0.3) is 11.8 Å². The standard InChI is InChI=1S/C25H27N3O2/c26-18-21-4-3-5-23(17-21)25(30)28-14-10-20(11-15-28)16-19-6-8-22(9-7-19)24(29)27-12-1-2-13-27/h3-9,17,20H,1-2,10-16H2. The fourth-order valence-corrected chi connectivity index (χ4v) is 4.46. The molecule has 5 heteroatoms. The molecule has 2 aliphatic heterocycles. The van der Waals surface area contributed by atoms with Gasteiger partial charge in [-0.25, -0.2) is 0 Å². The Hall–Kier alpha value is -3.13. The van der Waals surface area contributed by atoms with E-state index >= 15 is 0 Å². The minimum absolute atomic E-state index is 0.00956. The third kappa shape index (κ3) is 4.54. The van der Waals surface area contributed by atoms with Gasteiger partial charge in [-0.1, -0.05) is 18.2 Å². The van der Waals surface area contributed by atoms with Crippen molar-refractivity contribution in [2.24, 2.45) is 5.92 Å². The van der Waals surface area contributed by atoms with E-state index in [2.05, 4.69) is 18.2 Å². The lowest BCUT2D eigenvalue weighted by molar-refractivity contribution is 0.0690. The molecule has 0 N–H and O–H groups in total. The number of benzene rings is 2. The van der Waals surface area contributed by atoms with Crippen LogP contribution in [0.2, 0.25) is 0 Å². The van der Waals surface area contributed by atoms with E-state index in [4.69, 9.17) is 5.26 Å². The normalized spacial score (nSPS) is 17.0. The molecule has 0 aromatic heterocycles. The summed E-state index contributed by atoms with van der Waals surface area (Å²) in [6, 6.07) is 17.1. The summed E-state index contributed by atoms with van der Waals surface area (Å²) in [5, 5.41) is 9.04. The van der Waals surface area contributed by atoms with Gasteiger partial charge in [0.2, 0.25) is 0 Å². The Bertz CT molecular complexity index is 947. The zero-order chi connectivity index (χ0) is 20.9. The molecule has 154 valence electrons. The van der Waals surface area contributed by atoms with Crippen LogP contribution >= 0.6 is 0 Å². The molecule has 30 heavy (non-hydrogen) atoms. The summed E-state index contributed by atoms with van der Waals surface area (Å²) in [4.78, 5) is 29.0. The molecule has 0 bridgehead atoms. The fourth-order valence-electron chi connectivity index (χ4n) is 4.46. The van der Waals surface area contributed by atoms with E-state index in [0.717, 1.165) is 63.8 Å². The smallest absolute Gasteiger partial charge is 0.253 e. The van der Waals surface area contributed by atoms with Crippen LogP contribution in [-0.2, 0) is 6.42 Å². The van der Waals surface area contributed by atoms with Crippen molar-refractivity contribution in [3.05, 3.63) is 70.8 Å². The summed E-state index contributed by atoms with van der Waals surface area (Å²) in [6.07, 6.45) is 5.13. The highest BCUT2D eigenvalue weighted by Crippen LogP contribution is 2.24. The molecular weight excluding hydrogens is 374 g/mol. The molecule has 2 heterocycles. The molecule has 5 nitrogen and oxygen atoms in total. The first-order chi connectivity index (χ1) is 14.6. The molecule has 2 aliphatic rings. The van der Waals surface area contributed by atoms with Gasteiger partial charge in [-0.3, -0.25) is 9.59 Å². The van der Waals surface area contributed by atoms with Crippen LogP contribution in [0, 0.1) is 17.2 Å². The van der Waals surface area contributed by atoms with Gasteiger partial charge in [-0.05, 0) is 73.9 Å². The number of rotatable bonds is 4. The molecule has 2 aromatic rings. The lowest BCUT2D eigenvalue weighted by Crippen LogP contribution is -2.38. The summed E-state index contributed by atoms with van der Waals surface area (Å²) in [5.41, 5.74) is 3.13. The van der Waals surface area contributed by atoms with Crippen LogP contribution in [0.25, 0.3) is 0 Å². The van der Waals surface area contributed by atoms with Gasteiger partial charge in [0.05, 0.1) is 11.6 Å². The lowest BCUT2D eigenvalue weighted by Gasteiger charge is -2.32. The lowest BCUT2D eigenvalue weighted by atomic mass is 9.89. The van der Waals surface area contributed by atoms with E-state index < -0.39 is 0 Å². The number of hydrogen-bond acceptors (Lipinski definition) is 3. The Morgan fingerprint density at radius 2 is 1.50 bits per heavy atom. The van der Waals surface area contributed by atoms with Crippen LogP contribution in [0.4, 0.5) is 0 Å². The molecule has 2 aromatic carbocycles. The average molecular weight is 402 g/mol. The molecule has 0 radical (unpaired) electrons. The van der Waals surface area contributed by atoms with Crippen LogP contribution in [0.1, 0.15) is 57.5 Å². The van der Waals surface area contributed by atoms with Crippen molar-refractivity contribution < 1.29 is 9.59 Å². The maximum absolute atomic E-state index is 12.7. The van der Waals surface area contributed by atoms with E-state index in [1.807, 2.05) is 21.9 Å². The SMILES string of the molecule is N#Cc1cccc(C(=O)N2CCC(Cc3ccc(C(=O)N4CCCC4)cc3)CC2)c1. The van der Waals surface area contributed by atoms with E-state index in [-0.39, 0.29) is 11.8 Å². The van der Waals surface area contributed by atoms with Crippen LogP contribution in [0.3, 0.4) is 0 Å². The van der Waals surface area contributed by atoms with Crippen LogP contribution < -0.4 is 0 Å². The van der Waals surface area contributed by atoms with Crippen molar-refractivity contribution in [3.8, 4) is 6.07 Å². The zero-order valence-electron chi connectivity index (χ0n) is 17.2. The van der Waals surface area contributed by atoms with Crippen molar-refractivity contribution in [1.82, 2.24) is 9.80 Å². The highest BCUT2D eigenvalue weighted by atomic mass is 16.2. The second kappa shape index (κ2) is 9.13. The molecule has 0 saturated carbocycles. The molecule has 0 aliphatic carbocycles. The van der Waals surface area contributed by atoms with Crippen molar-refractivity contribution in [2.45, 2.75) is 32.1 Å². The Morgan fingerprint density at radius 1 is 0.867 bits per heavy atom. The Morgan fingerprint density at radius 3 is 2.17 bits per heavy atom. The molecule has 2 amide bonds. The Labute approximate surface area is 177 Å². The second-order valence-electron chi connectivity index (χ2n) is 8.33.